The van der Waals surface area contributed by atoms with E-state index >= 15 is 0 Å². The second kappa shape index (κ2) is 5.71. The summed E-state index contributed by atoms with van der Waals surface area (Å²) in [6, 6.07) is -0.523. The van der Waals surface area contributed by atoms with E-state index in [1.807, 2.05) is 13.8 Å². The minimum Gasteiger partial charge on any atom is -0.342 e. The van der Waals surface area contributed by atoms with Gasteiger partial charge in [0, 0.05) is 6.54 Å². The van der Waals surface area contributed by atoms with E-state index in [0.29, 0.717) is 12.8 Å². The standard InChI is InChI=1S/C13H22N2O4S/c1-3-9(2)12-13(17)15(8-11(16)14-12)7-10-5-4-6-20(10,18)19/h9-10,12H,3-8H2,1-2H3,(H,14,16). The third kappa shape index (κ3) is 2.97. The van der Waals surface area contributed by atoms with Gasteiger partial charge in [0.05, 0.1) is 17.5 Å². The van der Waals surface area contributed by atoms with Crippen molar-refractivity contribution in [2.75, 3.05) is 18.8 Å². The Morgan fingerprint density at radius 3 is 2.65 bits per heavy atom. The van der Waals surface area contributed by atoms with Gasteiger partial charge >= 0.3 is 0 Å². The molecule has 3 atom stereocenters. The van der Waals surface area contributed by atoms with Gasteiger partial charge in [0.2, 0.25) is 11.8 Å². The number of hydrogen-bond acceptors (Lipinski definition) is 4. The smallest absolute Gasteiger partial charge is 0.245 e. The molecule has 2 rings (SSSR count). The number of carbonyl (C=O) groups excluding carboxylic acids is 2. The average Bonchev–Trinajstić information content (AvgIpc) is 2.72. The van der Waals surface area contributed by atoms with Crippen molar-refractivity contribution in [3.63, 3.8) is 0 Å². The third-order valence-electron chi connectivity index (χ3n) is 4.33. The van der Waals surface area contributed by atoms with Crippen LogP contribution >= 0.6 is 0 Å². The van der Waals surface area contributed by atoms with E-state index in [0.717, 1.165) is 6.42 Å². The van der Waals surface area contributed by atoms with Crippen LogP contribution in [0.2, 0.25) is 0 Å². The van der Waals surface area contributed by atoms with Crippen molar-refractivity contribution in [1.29, 1.82) is 0 Å². The molecule has 1 N–H and O–H groups in total. The van der Waals surface area contributed by atoms with Crippen LogP contribution in [0.25, 0.3) is 0 Å². The fourth-order valence-electron chi connectivity index (χ4n) is 2.81. The molecule has 0 aliphatic carbocycles. The van der Waals surface area contributed by atoms with Gasteiger partial charge < -0.3 is 10.2 Å². The predicted octanol–water partition coefficient (Wildman–Crippen LogP) is -0.0633. The molecule has 3 unspecified atom stereocenters. The number of nitrogens with zero attached hydrogens (tertiary/aromatic N) is 1. The van der Waals surface area contributed by atoms with Gasteiger partial charge in [0.15, 0.2) is 9.84 Å². The summed E-state index contributed by atoms with van der Waals surface area (Å²) < 4.78 is 23.7. The monoisotopic (exact) mass is 302 g/mol. The number of carbonyl (C=O) groups is 2. The molecule has 0 aromatic rings. The number of amides is 2. The second-order valence-electron chi connectivity index (χ2n) is 5.78. The quantitative estimate of drug-likeness (QED) is 0.788. The van der Waals surface area contributed by atoms with E-state index < -0.39 is 21.1 Å². The molecule has 0 spiro atoms. The maximum absolute atomic E-state index is 12.4. The fraction of sp³-hybridized carbons (Fsp3) is 0.846. The largest absolute Gasteiger partial charge is 0.342 e. The Morgan fingerprint density at radius 2 is 2.10 bits per heavy atom. The van der Waals surface area contributed by atoms with Crippen LogP contribution < -0.4 is 5.32 Å². The van der Waals surface area contributed by atoms with Crippen molar-refractivity contribution in [2.45, 2.75) is 44.4 Å². The number of sulfone groups is 1. The number of rotatable bonds is 4. The molecule has 0 saturated carbocycles. The van der Waals surface area contributed by atoms with Gasteiger partial charge in [-0.25, -0.2) is 8.42 Å². The molecular weight excluding hydrogens is 280 g/mol. The van der Waals surface area contributed by atoms with Crippen molar-refractivity contribution in [3.8, 4) is 0 Å². The Hall–Kier alpha value is -1.11. The summed E-state index contributed by atoms with van der Waals surface area (Å²) in [6.45, 7) is 4.00. The molecule has 2 heterocycles. The summed E-state index contributed by atoms with van der Waals surface area (Å²) in [5.74, 6) is -0.110. The molecule has 2 amide bonds. The molecule has 2 aliphatic rings. The first-order valence-electron chi connectivity index (χ1n) is 7.15. The van der Waals surface area contributed by atoms with Crippen LogP contribution in [0.1, 0.15) is 33.1 Å². The summed E-state index contributed by atoms with van der Waals surface area (Å²) in [4.78, 5) is 25.5. The average molecular weight is 302 g/mol. The highest BCUT2D eigenvalue weighted by atomic mass is 32.2. The molecule has 0 aromatic carbocycles. The van der Waals surface area contributed by atoms with Crippen LogP contribution in [0.5, 0.6) is 0 Å². The van der Waals surface area contributed by atoms with Gasteiger partial charge in [0.1, 0.15) is 6.04 Å². The minimum atomic E-state index is -3.10. The molecule has 7 heteroatoms. The van der Waals surface area contributed by atoms with Gasteiger partial charge in [-0.05, 0) is 18.8 Å². The molecule has 0 bridgehead atoms. The molecule has 2 aliphatic heterocycles. The minimum absolute atomic E-state index is 0.0300. The Morgan fingerprint density at radius 1 is 1.40 bits per heavy atom. The van der Waals surface area contributed by atoms with E-state index in [1.54, 1.807) is 0 Å². The third-order valence-corrected chi connectivity index (χ3v) is 6.59. The first-order chi connectivity index (χ1) is 9.35. The van der Waals surface area contributed by atoms with E-state index in [4.69, 9.17) is 0 Å². The predicted molar refractivity (Wildman–Crippen MR) is 74.8 cm³/mol. The fourth-order valence-corrected chi connectivity index (χ4v) is 4.65. The summed E-state index contributed by atoms with van der Waals surface area (Å²) in [7, 11) is -3.10. The first-order valence-corrected chi connectivity index (χ1v) is 8.86. The van der Waals surface area contributed by atoms with Crippen molar-refractivity contribution in [1.82, 2.24) is 10.2 Å². The first kappa shape index (κ1) is 15.3. The molecule has 0 aromatic heterocycles. The molecule has 6 nitrogen and oxygen atoms in total. The van der Waals surface area contributed by atoms with Gasteiger partial charge in [0.25, 0.3) is 0 Å². The lowest BCUT2D eigenvalue weighted by molar-refractivity contribution is -0.145. The maximum Gasteiger partial charge on any atom is 0.245 e. The number of hydrogen-bond donors (Lipinski definition) is 1. The lowest BCUT2D eigenvalue weighted by Crippen LogP contribution is -2.61. The Balaban J connectivity index is 2.10. The van der Waals surface area contributed by atoms with E-state index in [1.165, 1.54) is 4.90 Å². The highest BCUT2D eigenvalue weighted by molar-refractivity contribution is 7.92. The van der Waals surface area contributed by atoms with E-state index in [-0.39, 0.29) is 36.6 Å². The summed E-state index contributed by atoms with van der Waals surface area (Å²) in [6.07, 6.45) is 2.02. The molecular formula is C13H22N2O4S. The topological polar surface area (TPSA) is 83.6 Å². The zero-order chi connectivity index (χ0) is 14.9. The summed E-state index contributed by atoms with van der Waals surface area (Å²) >= 11 is 0. The lowest BCUT2D eigenvalue weighted by atomic mass is 9.96. The van der Waals surface area contributed by atoms with Crippen LogP contribution in [-0.4, -0.2) is 55.3 Å². The molecule has 2 fully saturated rings. The summed E-state index contributed by atoms with van der Waals surface area (Å²) in [5, 5.41) is 2.21. The van der Waals surface area contributed by atoms with Crippen LogP contribution in [0.15, 0.2) is 0 Å². The molecule has 114 valence electrons. The summed E-state index contributed by atoms with van der Waals surface area (Å²) in [5.41, 5.74) is 0. The number of nitrogens with one attached hydrogen (secondary N) is 1. The van der Waals surface area contributed by atoms with E-state index in [9.17, 15) is 18.0 Å². The van der Waals surface area contributed by atoms with E-state index in [2.05, 4.69) is 5.32 Å². The van der Waals surface area contributed by atoms with Gasteiger partial charge in [-0.1, -0.05) is 20.3 Å². The van der Waals surface area contributed by atoms with Crippen LogP contribution in [0.4, 0.5) is 0 Å². The van der Waals surface area contributed by atoms with Gasteiger partial charge in [-0.3, -0.25) is 9.59 Å². The molecule has 20 heavy (non-hydrogen) atoms. The number of piperazine rings is 1. The van der Waals surface area contributed by atoms with Crippen molar-refractivity contribution < 1.29 is 18.0 Å². The Kier molecular flexibility index (Phi) is 4.36. The van der Waals surface area contributed by atoms with Crippen molar-refractivity contribution >= 4 is 21.7 Å². The van der Waals surface area contributed by atoms with Gasteiger partial charge in [-0.2, -0.15) is 0 Å². The van der Waals surface area contributed by atoms with Crippen LogP contribution in [0, 0.1) is 5.92 Å². The van der Waals surface area contributed by atoms with Gasteiger partial charge in [-0.15, -0.1) is 0 Å². The second-order valence-corrected chi connectivity index (χ2v) is 8.18. The highest BCUT2D eigenvalue weighted by Crippen LogP contribution is 2.22. The zero-order valence-corrected chi connectivity index (χ0v) is 12.8. The normalized spacial score (nSPS) is 31.2. The highest BCUT2D eigenvalue weighted by Gasteiger charge is 2.39. The van der Waals surface area contributed by atoms with Crippen molar-refractivity contribution in [2.24, 2.45) is 5.92 Å². The van der Waals surface area contributed by atoms with Crippen molar-refractivity contribution in [3.05, 3.63) is 0 Å². The Labute approximate surface area is 119 Å². The SMILES string of the molecule is CCC(C)C1NC(=O)CN(CC2CCCS2(=O)=O)C1=O. The van der Waals surface area contributed by atoms with Crippen LogP contribution in [-0.2, 0) is 19.4 Å². The maximum atomic E-state index is 12.4. The molecule has 0 radical (unpaired) electrons. The molecule has 2 saturated heterocycles. The lowest BCUT2D eigenvalue weighted by Gasteiger charge is -2.36. The Bertz CT molecular complexity index is 503. The van der Waals surface area contributed by atoms with Crippen LogP contribution in [0.3, 0.4) is 0 Å². The zero-order valence-electron chi connectivity index (χ0n) is 12.0.